The number of amides is 1. The van der Waals surface area contributed by atoms with Crippen LogP contribution in [0, 0.1) is 17.0 Å². The van der Waals surface area contributed by atoms with E-state index in [1.54, 1.807) is 12.1 Å². The number of anilines is 1. The number of nitro groups is 1. The van der Waals surface area contributed by atoms with Gasteiger partial charge in [-0.1, -0.05) is 36.8 Å². The zero-order chi connectivity index (χ0) is 18.7. The summed E-state index contributed by atoms with van der Waals surface area (Å²) in [5, 5.41) is 17.5. The number of carbonyl (C=O) groups excluding carboxylic acids is 1. The number of aryl methyl sites for hydroxylation is 1. The van der Waals surface area contributed by atoms with E-state index < -0.39 is 4.92 Å². The van der Waals surface area contributed by atoms with Crippen molar-refractivity contribution < 1.29 is 9.72 Å². The fourth-order valence-corrected chi connectivity index (χ4v) is 2.86. The summed E-state index contributed by atoms with van der Waals surface area (Å²) in [6.07, 6.45) is 2.78. The predicted molar refractivity (Wildman–Crippen MR) is 101 cm³/mol. The third kappa shape index (κ3) is 4.20. The molecule has 0 saturated heterocycles. The SMILES string of the molecule is CC[C@H](NC(=O)c1ccc(NC2CC2)c([N+](=O)[O-])c1)c1ccc(C)cc1. The minimum atomic E-state index is -0.446. The van der Waals surface area contributed by atoms with Crippen molar-refractivity contribution in [2.45, 2.75) is 45.2 Å². The summed E-state index contributed by atoms with van der Waals surface area (Å²) in [6.45, 7) is 4.01. The van der Waals surface area contributed by atoms with Crippen LogP contribution in [0.1, 0.15) is 53.7 Å². The van der Waals surface area contributed by atoms with Crippen LogP contribution in [0.3, 0.4) is 0 Å². The maximum absolute atomic E-state index is 12.6. The maximum Gasteiger partial charge on any atom is 0.293 e. The molecule has 1 amide bonds. The van der Waals surface area contributed by atoms with Gasteiger partial charge < -0.3 is 10.6 Å². The van der Waals surface area contributed by atoms with Gasteiger partial charge >= 0.3 is 0 Å². The lowest BCUT2D eigenvalue weighted by Crippen LogP contribution is -2.28. The molecule has 1 fully saturated rings. The highest BCUT2D eigenvalue weighted by molar-refractivity contribution is 5.96. The van der Waals surface area contributed by atoms with Crippen LogP contribution in [0.2, 0.25) is 0 Å². The molecule has 2 aromatic rings. The summed E-state index contributed by atoms with van der Waals surface area (Å²) in [5.41, 5.74) is 2.88. The first-order valence-corrected chi connectivity index (χ1v) is 8.90. The summed E-state index contributed by atoms with van der Waals surface area (Å²) in [6, 6.07) is 12.8. The molecule has 0 heterocycles. The molecule has 1 atom stereocenters. The molecular weight excluding hydrogens is 330 g/mol. The summed E-state index contributed by atoms with van der Waals surface area (Å²) in [4.78, 5) is 23.5. The highest BCUT2D eigenvalue weighted by atomic mass is 16.6. The van der Waals surface area contributed by atoms with E-state index in [1.807, 2.05) is 38.1 Å². The molecule has 0 bridgehead atoms. The van der Waals surface area contributed by atoms with Crippen molar-refractivity contribution in [1.82, 2.24) is 5.32 Å². The van der Waals surface area contributed by atoms with Crippen molar-refractivity contribution in [2.75, 3.05) is 5.32 Å². The van der Waals surface area contributed by atoms with Gasteiger partial charge in [-0.2, -0.15) is 0 Å². The first kappa shape index (κ1) is 17.9. The molecule has 2 N–H and O–H groups in total. The summed E-state index contributed by atoms with van der Waals surface area (Å²) in [5.74, 6) is -0.307. The van der Waals surface area contributed by atoms with Gasteiger partial charge in [0.15, 0.2) is 0 Å². The van der Waals surface area contributed by atoms with E-state index in [0.717, 1.165) is 30.4 Å². The van der Waals surface area contributed by atoms with Gasteiger partial charge in [-0.25, -0.2) is 0 Å². The highest BCUT2D eigenvalue weighted by Crippen LogP contribution is 2.31. The summed E-state index contributed by atoms with van der Waals surface area (Å²) >= 11 is 0. The Bertz CT molecular complexity index is 814. The number of rotatable bonds is 7. The topological polar surface area (TPSA) is 84.3 Å². The summed E-state index contributed by atoms with van der Waals surface area (Å²) < 4.78 is 0. The normalized spacial score (nSPS) is 14.5. The van der Waals surface area contributed by atoms with Gasteiger partial charge in [0.1, 0.15) is 5.69 Å². The molecule has 6 nitrogen and oxygen atoms in total. The van der Waals surface area contributed by atoms with Crippen molar-refractivity contribution in [2.24, 2.45) is 0 Å². The Labute approximate surface area is 152 Å². The Balaban J connectivity index is 1.78. The first-order chi connectivity index (χ1) is 12.5. The summed E-state index contributed by atoms with van der Waals surface area (Å²) in [7, 11) is 0. The number of hydrogen-bond acceptors (Lipinski definition) is 4. The molecule has 3 rings (SSSR count). The zero-order valence-electron chi connectivity index (χ0n) is 15.0. The lowest BCUT2D eigenvalue weighted by molar-refractivity contribution is -0.384. The van der Waals surface area contributed by atoms with E-state index in [2.05, 4.69) is 10.6 Å². The molecule has 26 heavy (non-hydrogen) atoms. The molecule has 0 unspecified atom stereocenters. The molecule has 2 aromatic carbocycles. The second kappa shape index (κ2) is 7.56. The predicted octanol–water partition coefficient (Wildman–Crippen LogP) is 4.36. The molecule has 0 aromatic heterocycles. The number of hydrogen-bond donors (Lipinski definition) is 2. The van der Waals surface area contributed by atoms with Crippen molar-refractivity contribution in [3.05, 3.63) is 69.3 Å². The number of nitrogens with zero attached hydrogens (tertiary/aromatic N) is 1. The van der Waals surface area contributed by atoms with Crippen LogP contribution < -0.4 is 10.6 Å². The van der Waals surface area contributed by atoms with Crippen molar-refractivity contribution in [3.8, 4) is 0 Å². The van der Waals surface area contributed by atoms with Crippen molar-refractivity contribution >= 4 is 17.3 Å². The fraction of sp³-hybridized carbons (Fsp3) is 0.350. The van der Waals surface area contributed by atoms with Gasteiger partial charge in [-0.3, -0.25) is 14.9 Å². The molecule has 6 heteroatoms. The maximum atomic E-state index is 12.6. The third-order valence-corrected chi connectivity index (χ3v) is 4.59. The third-order valence-electron chi connectivity index (χ3n) is 4.59. The zero-order valence-corrected chi connectivity index (χ0v) is 15.0. The molecule has 136 valence electrons. The minimum Gasteiger partial charge on any atom is -0.377 e. The van der Waals surface area contributed by atoms with Gasteiger partial charge in [0.25, 0.3) is 11.6 Å². The van der Waals surface area contributed by atoms with Crippen LogP contribution >= 0.6 is 0 Å². The van der Waals surface area contributed by atoms with Crippen LogP contribution in [0.25, 0.3) is 0 Å². The van der Waals surface area contributed by atoms with E-state index in [4.69, 9.17) is 0 Å². The Morgan fingerprint density at radius 3 is 2.50 bits per heavy atom. The van der Waals surface area contributed by atoms with E-state index in [9.17, 15) is 14.9 Å². The van der Waals surface area contributed by atoms with Crippen molar-refractivity contribution in [1.29, 1.82) is 0 Å². The average Bonchev–Trinajstić information content (AvgIpc) is 3.44. The minimum absolute atomic E-state index is 0.0621. The first-order valence-electron chi connectivity index (χ1n) is 8.90. The van der Waals surface area contributed by atoms with Crippen LogP contribution in [-0.4, -0.2) is 16.9 Å². The van der Waals surface area contributed by atoms with Crippen LogP contribution in [-0.2, 0) is 0 Å². The van der Waals surface area contributed by atoms with Gasteiger partial charge in [0.2, 0.25) is 0 Å². The van der Waals surface area contributed by atoms with Crippen LogP contribution in [0.4, 0.5) is 11.4 Å². The van der Waals surface area contributed by atoms with Gasteiger partial charge in [-0.15, -0.1) is 0 Å². The number of nitro benzene ring substituents is 1. The Kier molecular flexibility index (Phi) is 5.21. The van der Waals surface area contributed by atoms with Crippen LogP contribution in [0.15, 0.2) is 42.5 Å². The Hall–Kier alpha value is -2.89. The standard InChI is InChI=1S/C20H23N3O3/c1-3-17(14-6-4-13(2)5-7-14)22-20(24)15-8-11-18(21-16-9-10-16)19(12-15)23(25)26/h4-8,11-12,16-17,21H,3,9-10H2,1-2H3,(H,22,24)/t17-/m0/s1. The van der Waals surface area contributed by atoms with E-state index >= 15 is 0 Å². The molecule has 1 saturated carbocycles. The van der Waals surface area contributed by atoms with Gasteiger partial charge in [0, 0.05) is 17.7 Å². The fourth-order valence-electron chi connectivity index (χ4n) is 2.86. The highest BCUT2D eigenvalue weighted by Gasteiger charge is 2.26. The molecule has 1 aliphatic carbocycles. The van der Waals surface area contributed by atoms with Crippen molar-refractivity contribution in [3.63, 3.8) is 0 Å². The average molecular weight is 353 g/mol. The van der Waals surface area contributed by atoms with Gasteiger partial charge in [-0.05, 0) is 43.9 Å². The molecule has 1 aliphatic rings. The largest absolute Gasteiger partial charge is 0.377 e. The second-order valence-electron chi connectivity index (χ2n) is 6.75. The second-order valence-corrected chi connectivity index (χ2v) is 6.75. The molecular formula is C20H23N3O3. The van der Waals surface area contributed by atoms with E-state index in [-0.39, 0.29) is 17.6 Å². The van der Waals surface area contributed by atoms with E-state index in [0.29, 0.717) is 17.3 Å². The molecule has 0 aliphatic heterocycles. The molecule has 0 spiro atoms. The number of benzene rings is 2. The van der Waals surface area contributed by atoms with Crippen LogP contribution in [0.5, 0.6) is 0 Å². The Morgan fingerprint density at radius 2 is 1.92 bits per heavy atom. The van der Waals surface area contributed by atoms with E-state index in [1.165, 1.54) is 6.07 Å². The lowest BCUT2D eigenvalue weighted by Gasteiger charge is -2.18. The molecule has 0 radical (unpaired) electrons. The Morgan fingerprint density at radius 1 is 1.23 bits per heavy atom. The number of carbonyl (C=O) groups is 1. The van der Waals surface area contributed by atoms with Gasteiger partial charge in [0.05, 0.1) is 11.0 Å². The smallest absolute Gasteiger partial charge is 0.293 e. The lowest BCUT2D eigenvalue weighted by atomic mass is 10.0. The monoisotopic (exact) mass is 353 g/mol. The number of nitrogens with one attached hydrogen (secondary N) is 2. The quantitative estimate of drug-likeness (QED) is 0.572.